The van der Waals surface area contributed by atoms with E-state index in [9.17, 15) is 14.4 Å². The first kappa shape index (κ1) is 57.4. The summed E-state index contributed by atoms with van der Waals surface area (Å²) in [4.78, 5) is 37.9. The molecule has 0 aliphatic heterocycles. The number of hydrogen-bond acceptors (Lipinski definition) is 6. The van der Waals surface area contributed by atoms with Crippen molar-refractivity contribution in [3.63, 3.8) is 0 Å². The molecule has 0 fully saturated rings. The maximum Gasteiger partial charge on any atom is 0.306 e. The zero-order valence-corrected chi connectivity index (χ0v) is 40.2. The van der Waals surface area contributed by atoms with Crippen LogP contribution in [0, 0.1) is 5.92 Å². The van der Waals surface area contributed by atoms with E-state index in [0.717, 1.165) is 63.7 Å². The second-order valence-corrected chi connectivity index (χ2v) is 18.6. The van der Waals surface area contributed by atoms with Gasteiger partial charge in [-0.15, -0.1) is 0 Å². The second kappa shape index (κ2) is 47.5. The van der Waals surface area contributed by atoms with Gasteiger partial charge in [0, 0.05) is 19.3 Å². The van der Waals surface area contributed by atoms with E-state index in [1.54, 1.807) is 0 Å². The fourth-order valence-electron chi connectivity index (χ4n) is 8.04. The van der Waals surface area contributed by atoms with Crippen LogP contribution in [0.1, 0.15) is 297 Å². The number of carbonyl (C=O) groups excluding carboxylic acids is 3. The number of hydrogen-bond donors (Lipinski definition) is 0. The molecule has 0 aliphatic carbocycles. The lowest BCUT2D eigenvalue weighted by Crippen LogP contribution is -2.30. The SMILES string of the molecule is CCCCCCCCCCCCCCCCCC(=O)O[C@H](COC(=O)CCCCCCCCCCCCCC)COC(=O)CCCCCCCCCCCCCC(C)C. The van der Waals surface area contributed by atoms with E-state index < -0.39 is 6.10 Å². The Balaban J connectivity index is 4.31. The van der Waals surface area contributed by atoms with Crippen LogP contribution < -0.4 is 0 Å². The molecule has 6 heteroatoms. The smallest absolute Gasteiger partial charge is 0.306 e. The summed E-state index contributed by atoms with van der Waals surface area (Å²) in [6, 6.07) is 0. The topological polar surface area (TPSA) is 78.9 Å². The fourth-order valence-corrected chi connectivity index (χ4v) is 8.04. The Morgan fingerprint density at radius 2 is 0.559 bits per heavy atom. The maximum atomic E-state index is 12.8. The number of ether oxygens (including phenoxy) is 3. The Labute approximate surface area is 368 Å². The molecule has 0 aliphatic rings. The van der Waals surface area contributed by atoms with Crippen LogP contribution in [0.4, 0.5) is 0 Å². The van der Waals surface area contributed by atoms with E-state index in [1.165, 1.54) is 193 Å². The fraction of sp³-hybridized carbons (Fsp3) is 0.943. The Bertz CT molecular complexity index is 887. The number of rotatable bonds is 48. The van der Waals surface area contributed by atoms with Gasteiger partial charge in [-0.25, -0.2) is 0 Å². The first-order valence-corrected chi connectivity index (χ1v) is 26.4. The average molecular weight is 835 g/mol. The highest BCUT2D eigenvalue weighted by Gasteiger charge is 2.19. The Hall–Kier alpha value is -1.59. The first-order chi connectivity index (χ1) is 28.9. The summed E-state index contributed by atoms with van der Waals surface area (Å²) in [7, 11) is 0. The summed E-state index contributed by atoms with van der Waals surface area (Å²) >= 11 is 0. The predicted molar refractivity (Wildman–Crippen MR) is 252 cm³/mol. The van der Waals surface area contributed by atoms with Crippen LogP contribution in [0.25, 0.3) is 0 Å². The van der Waals surface area contributed by atoms with Gasteiger partial charge in [-0.05, 0) is 25.2 Å². The third kappa shape index (κ3) is 47.3. The molecule has 59 heavy (non-hydrogen) atoms. The Morgan fingerprint density at radius 3 is 0.831 bits per heavy atom. The minimum atomic E-state index is -0.760. The van der Waals surface area contributed by atoms with Crippen LogP contribution in [0.3, 0.4) is 0 Å². The molecule has 0 aromatic rings. The van der Waals surface area contributed by atoms with E-state index in [0.29, 0.717) is 19.3 Å². The van der Waals surface area contributed by atoms with Crippen LogP contribution in [0.15, 0.2) is 0 Å². The van der Waals surface area contributed by atoms with Gasteiger partial charge in [-0.1, -0.05) is 259 Å². The molecule has 0 spiro atoms. The molecule has 0 rings (SSSR count). The Kier molecular flexibility index (Phi) is 46.2. The van der Waals surface area contributed by atoms with Gasteiger partial charge in [0.15, 0.2) is 6.10 Å². The highest BCUT2D eigenvalue weighted by Crippen LogP contribution is 2.17. The van der Waals surface area contributed by atoms with Gasteiger partial charge in [0.05, 0.1) is 0 Å². The highest BCUT2D eigenvalue weighted by atomic mass is 16.6. The Morgan fingerprint density at radius 1 is 0.322 bits per heavy atom. The van der Waals surface area contributed by atoms with Gasteiger partial charge < -0.3 is 14.2 Å². The highest BCUT2D eigenvalue weighted by molar-refractivity contribution is 5.71. The van der Waals surface area contributed by atoms with E-state index in [2.05, 4.69) is 27.7 Å². The van der Waals surface area contributed by atoms with Crippen LogP contribution in [0.2, 0.25) is 0 Å². The van der Waals surface area contributed by atoms with Crippen molar-refractivity contribution in [2.24, 2.45) is 5.92 Å². The molecule has 350 valence electrons. The van der Waals surface area contributed by atoms with Crippen molar-refractivity contribution < 1.29 is 28.6 Å². The zero-order valence-electron chi connectivity index (χ0n) is 40.2. The summed E-state index contributed by atoms with van der Waals surface area (Å²) in [6.07, 6.45) is 49.4. The van der Waals surface area contributed by atoms with E-state index in [1.807, 2.05) is 0 Å². The van der Waals surface area contributed by atoms with Crippen LogP contribution >= 0.6 is 0 Å². The van der Waals surface area contributed by atoms with Crippen molar-refractivity contribution in [1.82, 2.24) is 0 Å². The van der Waals surface area contributed by atoms with Gasteiger partial charge in [0.1, 0.15) is 13.2 Å². The summed E-state index contributed by atoms with van der Waals surface area (Å²) in [5, 5.41) is 0. The minimum absolute atomic E-state index is 0.0626. The van der Waals surface area contributed by atoms with Crippen LogP contribution in [0.5, 0.6) is 0 Å². The number of carbonyl (C=O) groups is 3. The van der Waals surface area contributed by atoms with E-state index in [4.69, 9.17) is 14.2 Å². The number of esters is 3. The van der Waals surface area contributed by atoms with Crippen LogP contribution in [-0.2, 0) is 28.6 Å². The first-order valence-electron chi connectivity index (χ1n) is 26.4. The molecule has 0 heterocycles. The van der Waals surface area contributed by atoms with E-state index >= 15 is 0 Å². The molecular weight excluding hydrogens is 733 g/mol. The predicted octanol–water partition coefficient (Wildman–Crippen LogP) is 17.1. The molecule has 0 N–H and O–H groups in total. The van der Waals surface area contributed by atoms with Crippen molar-refractivity contribution in [1.29, 1.82) is 0 Å². The van der Waals surface area contributed by atoms with Crippen molar-refractivity contribution in [2.45, 2.75) is 303 Å². The van der Waals surface area contributed by atoms with Gasteiger partial charge in [-0.2, -0.15) is 0 Å². The normalized spacial score (nSPS) is 11.9. The molecule has 0 unspecified atom stereocenters. The lowest BCUT2D eigenvalue weighted by Gasteiger charge is -2.18. The third-order valence-corrected chi connectivity index (χ3v) is 12.0. The molecule has 0 saturated carbocycles. The lowest BCUT2D eigenvalue weighted by molar-refractivity contribution is -0.167. The molecule has 0 aromatic heterocycles. The van der Waals surface area contributed by atoms with Gasteiger partial charge in [0.2, 0.25) is 0 Å². The van der Waals surface area contributed by atoms with Crippen molar-refractivity contribution in [3.05, 3.63) is 0 Å². The van der Waals surface area contributed by atoms with Crippen LogP contribution in [-0.4, -0.2) is 37.2 Å². The summed E-state index contributed by atoms with van der Waals surface area (Å²) in [6.45, 7) is 9.03. The average Bonchev–Trinajstić information content (AvgIpc) is 3.22. The van der Waals surface area contributed by atoms with Crippen molar-refractivity contribution in [2.75, 3.05) is 13.2 Å². The zero-order chi connectivity index (χ0) is 43.1. The van der Waals surface area contributed by atoms with Gasteiger partial charge in [-0.3, -0.25) is 14.4 Å². The largest absolute Gasteiger partial charge is 0.462 e. The maximum absolute atomic E-state index is 12.8. The lowest BCUT2D eigenvalue weighted by atomic mass is 10.0. The minimum Gasteiger partial charge on any atom is -0.462 e. The standard InChI is InChI=1S/C53H102O6/c1-5-7-9-11-13-15-17-19-20-21-25-30-34-38-42-46-53(56)59-50(47-57-51(54)44-40-36-32-28-24-18-16-14-12-10-8-6-2)48-58-52(55)45-41-37-33-29-26-22-23-27-31-35-39-43-49(3)4/h49-50H,5-48H2,1-4H3/t50-/m1/s1. The summed E-state index contributed by atoms with van der Waals surface area (Å²) < 4.78 is 16.8. The molecule has 1 atom stereocenters. The molecule has 0 aromatic carbocycles. The summed E-state index contributed by atoms with van der Waals surface area (Å²) in [5.74, 6) is -0.0157. The molecule has 0 radical (unpaired) electrons. The molecule has 0 bridgehead atoms. The van der Waals surface area contributed by atoms with E-state index in [-0.39, 0.29) is 31.1 Å². The molecular formula is C53H102O6. The van der Waals surface area contributed by atoms with Gasteiger partial charge >= 0.3 is 17.9 Å². The monoisotopic (exact) mass is 835 g/mol. The van der Waals surface area contributed by atoms with Gasteiger partial charge in [0.25, 0.3) is 0 Å². The number of unbranched alkanes of at least 4 members (excludes halogenated alkanes) is 35. The molecule has 0 amide bonds. The quantitative estimate of drug-likeness (QED) is 0.0345. The molecule has 0 saturated heterocycles. The summed E-state index contributed by atoms with van der Waals surface area (Å²) in [5.41, 5.74) is 0. The second-order valence-electron chi connectivity index (χ2n) is 18.6. The van der Waals surface area contributed by atoms with Crippen molar-refractivity contribution in [3.8, 4) is 0 Å². The third-order valence-electron chi connectivity index (χ3n) is 12.0. The molecule has 6 nitrogen and oxygen atoms in total. The van der Waals surface area contributed by atoms with Crippen molar-refractivity contribution >= 4 is 17.9 Å².